The van der Waals surface area contributed by atoms with Gasteiger partial charge in [-0.15, -0.1) is 0 Å². The molecular formula is C13H18F3N3S. The third kappa shape index (κ3) is 5.73. The molecule has 0 aliphatic heterocycles. The molecular weight excluding hydrogens is 287 g/mol. The van der Waals surface area contributed by atoms with Crippen LogP contribution in [0.3, 0.4) is 0 Å². The van der Waals surface area contributed by atoms with Gasteiger partial charge in [-0.1, -0.05) is 12.1 Å². The maximum atomic E-state index is 12.4. The molecule has 0 atom stereocenters. The molecule has 0 aliphatic rings. The Morgan fingerprint density at radius 2 is 1.85 bits per heavy atom. The van der Waals surface area contributed by atoms with Gasteiger partial charge in [-0.25, -0.2) is 0 Å². The second kappa shape index (κ2) is 8.04. The van der Waals surface area contributed by atoms with Crippen molar-refractivity contribution >= 4 is 17.7 Å². The van der Waals surface area contributed by atoms with E-state index in [9.17, 15) is 13.2 Å². The Hall–Kier alpha value is -1.37. The quantitative estimate of drug-likeness (QED) is 0.499. The zero-order chi connectivity index (χ0) is 15.0. The molecule has 2 N–H and O–H groups in total. The van der Waals surface area contributed by atoms with Gasteiger partial charge < -0.3 is 10.6 Å². The smallest absolute Gasteiger partial charge is 0.356 e. The molecule has 0 radical (unpaired) electrons. The van der Waals surface area contributed by atoms with E-state index in [1.807, 2.05) is 6.26 Å². The van der Waals surface area contributed by atoms with Gasteiger partial charge in [0.25, 0.3) is 0 Å². The lowest BCUT2D eigenvalue weighted by molar-refractivity contribution is -0.137. The second-order valence-corrected chi connectivity index (χ2v) is 5.03. The summed E-state index contributed by atoms with van der Waals surface area (Å²) in [5, 5.41) is 6.17. The van der Waals surface area contributed by atoms with E-state index >= 15 is 0 Å². The van der Waals surface area contributed by atoms with E-state index in [1.165, 1.54) is 12.1 Å². The fourth-order valence-corrected chi connectivity index (χ4v) is 1.80. The first-order chi connectivity index (χ1) is 9.47. The molecule has 20 heavy (non-hydrogen) atoms. The number of nitrogens with zero attached hydrogens (tertiary/aromatic N) is 1. The number of alkyl halides is 3. The Morgan fingerprint density at radius 3 is 2.35 bits per heavy atom. The topological polar surface area (TPSA) is 36.4 Å². The van der Waals surface area contributed by atoms with Gasteiger partial charge in [0.2, 0.25) is 0 Å². The lowest BCUT2D eigenvalue weighted by atomic mass is 10.1. The van der Waals surface area contributed by atoms with Crippen molar-refractivity contribution in [3.05, 3.63) is 35.4 Å². The van der Waals surface area contributed by atoms with Gasteiger partial charge >= 0.3 is 6.18 Å². The van der Waals surface area contributed by atoms with Crippen LogP contribution in [0.5, 0.6) is 0 Å². The van der Waals surface area contributed by atoms with Crippen LogP contribution in [0.1, 0.15) is 11.1 Å². The molecule has 0 fully saturated rings. The summed E-state index contributed by atoms with van der Waals surface area (Å²) in [4.78, 5) is 4.04. The number of benzene rings is 1. The number of thioether (sulfide) groups is 1. The van der Waals surface area contributed by atoms with Gasteiger partial charge in [0.1, 0.15) is 0 Å². The summed E-state index contributed by atoms with van der Waals surface area (Å²) in [5.41, 5.74) is 0.134. The zero-order valence-corrected chi connectivity index (χ0v) is 12.2. The Morgan fingerprint density at radius 1 is 1.20 bits per heavy atom. The minimum atomic E-state index is -4.29. The minimum absolute atomic E-state index is 0.428. The van der Waals surface area contributed by atoms with Gasteiger partial charge in [0.05, 0.1) is 5.56 Å². The molecule has 1 rings (SSSR count). The number of guanidine groups is 1. The molecule has 0 saturated heterocycles. The van der Waals surface area contributed by atoms with Crippen LogP contribution in [0.15, 0.2) is 29.3 Å². The van der Waals surface area contributed by atoms with Gasteiger partial charge in [-0.05, 0) is 24.0 Å². The summed E-state index contributed by atoms with van der Waals surface area (Å²) in [6.07, 6.45) is -2.28. The molecule has 0 aromatic heterocycles. The van der Waals surface area contributed by atoms with Crippen molar-refractivity contribution in [2.24, 2.45) is 4.99 Å². The number of hydrogen-bond acceptors (Lipinski definition) is 2. The summed E-state index contributed by atoms with van der Waals surface area (Å²) in [6, 6.07) is 5.10. The minimum Gasteiger partial charge on any atom is -0.356 e. The van der Waals surface area contributed by atoms with E-state index in [2.05, 4.69) is 15.6 Å². The standard InChI is InChI=1S/C13H18F3N3S/c1-17-12(18-7-8-20-2)19-9-10-3-5-11(6-4-10)13(14,15)16/h3-6H,7-9H2,1-2H3,(H2,17,18,19). The van der Waals surface area contributed by atoms with Crippen molar-refractivity contribution in [1.29, 1.82) is 0 Å². The molecule has 0 spiro atoms. The van der Waals surface area contributed by atoms with E-state index in [4.69, 9.17) is 0 Å². The van der Waals surface area contributed by atoms with Crippen molar-refractivity contribution < 1.29 is 13.2 Å². The summed E-state index contributed by atoms with van der Waals surface area (Å²) < 4.78 is 37.2. The molecule has 1 aromatic rings. The highest BCUT2D eigenvalue weighted by Crippen LogP contribution is 2.28. The Kier molecular flexibility index (Phi) is 6.70. The Balaban J connectivity index is 2.48. The van der Waals surface area contributed by atoms with Crippen molar-refractivity contribution in [3.8, 4) is 0 Å². The predicted molar refractivity (Wildman–Crippen MR) is 78.0 cm³/mol. The van der Waals surface area contributed by atoms with E-state index in [0.717, 1.165) is 30.0 Å². The fourth-order valence-electron chi connectivity index (χ4n) is 1.49. The number of nitrogens with one attached hydrogen (secondary N) is 2. The van der Waals surface area contributed by atoms with E-state index < -0.39 is 11.7 Å². The highest BCUT2D eigenvalue weighted by molar-refractivity contribution is 7.98. The first-order valence-corrected chi connectivity index (χ1v) is 7.46. The number of aliphatic imine (C=N–C) groups is 1. The summed E-state index contributed by atoms with van der Waals surface area (Å²) in [7, 11) is 1.65. The first kappa shape index (κ1) is 16.7. The van der Waals surface area contributed by atoms with Crippen LogP contribution in [0.2, 0.25) is 0 Å². The highest BCUT2D eigenvalue weighted by Gasteiger charge is 2.29. The first-order valence-electron chi connectivity index (χ1n) is 6.07. The second-order valence-electron chi connectivity index (χ2n) is 4.04. The monoisotopic (exact) mass is 305 g/mol. The van der Waals surface area contributed by atoms with Crippen LogP contribution in [0.25, 0.3) is 0 Å². The molecule has 0 aliphatic carbocycles. The van der Waals surface area contributed by atoms with Gasteiger partial charge in [0.15, 0.2) is 5.96 Å². The van der Waals surface area contributed by atoms with Crippen LogP contribution in [-0.4, -0.2) is 31.6 Å². The van der Waals surface area contributed by atoms with Crippen LogP contribution < -0.4 is 10.6 Å². The van der Waals surface area contributed by atoms with Crippen LogP contribution in [-0.2, 0) is 12.7 Å². The van der Waals surface area contributed by atoms with Gasteiger partial charge in [-0.3, -0.25) is 4.99 Å². The number of rotatable bonds is 5. The Bertz CT molecular complexity index is 429. The Labute approximate surface area is 121 Å². The van der Waals surface area contributed by atoms with Crippen LogP contribution in [0, 0.1) is 0 Å². The molecule has 0 saturated carbocycles. The van der Waals surface area contributed by atoms with Crippen molar-refractivity contribution in [2.45, 2.75) is 12.7 Å². The normalized spacial score (nSPS) is 12.3. The van der Waals surface area contributed by atoms with E-state index in [-0.39, 0.29) is 0 Å². The highest BCUT2D eigenvalue weighted by atomic mass is 32.2. The molecule has 112 valence electrons. The number of halogens is 3. The zero-order valence-electron chi connectivity index (χ0n) is 11.4. The maximum Gasteiger partial charge on any atom is 0.416 e. The summed E-state index contributed by atoms with van der Waals surface area (Å²) in [5.74, 6) is 1.60. The van der Waals surface area contributed by atoms with Crippen molar-refractivity contribution in [2.75, 3.05) is 25.6 Å². The molecule has 0 heterocycles. The third-order valence-corrected chi connectivity index (χ3v) is 3.18. The van der Waals surface area contributed by atoms with Crippen LogP contribution in [0.4, 0.5) is 13.2 Å². The predicted octanol–water partition coefficient (Wildman–Crippen LogP) is 2.73. The summed E-state index contributed by atoms with van der Waals surface area (Å²) >= 11 is 1.72. The molecule has 3 nitrogen and oxygen atoms in total. The molecule has 0 bridgehead atoms. The lowest BCUT2D eigenvalue weighted by Crippen LogP contribution is -2.37. The summed E-state index contributed by atoms with van der Waals surface area (Å²) in [6.45, 7) is 1.21. The van der Waals surface area contributed by atoms with E-state index in [0.29, 0.717) is 12.5 Å². The average Bonchev–Trinajstić information content (AvgIpc) is 2.42. The average molecular weight is 305 g/mol. The fraction of sp³-hybridized carbons (Fsp3) is 0.462. The maximum absolute atomic E-state index is 12.4. The van der Waals surface area contributed by atoms with Gasteiger partial charge in [0, 0.05) is 25.9 Å². The van der Waals surface area contributed by atoms with Crippen molar-refractivity contribution in [3.63, 3.8) is 0 Å². The molecule has 1 aromatic carbocycles. The molecule has 0 amide bonds. The van der Waals surface area contributed by atoms with Crippen molar-refractivity contribution in [1.82, 2.24) is 10.6 Å². The third-order valence-electron chi connectivity index (χ3n) is 2.56. The SMILES string of the molecule is CN=C(NCCSC)NCc1ccc(C(F)(F)F)cc1. The molecule has 0 unspecified atom stereocenters. The van der Waals surface area contributed by atoms with Gasteiger partial charge in [-0.2, -0.15) is 24.9 Å². The lowest BCUT2D eigenvalue weighted by Gasteiger charge is -2.12. The largest absolute Gasteiger partial charge is 0.416 e. The number of hydrogen-bond donors (Lipinski definition) is 2. The van der Waals surface area contributed by atoms with Crippen LogP contribution >= 0.6 is 11.8 Å². The van der Waals surface area contributed by atoms with E-state index in [1.54, 1.807) is 18.8 Å². The molecule has 7 heteroatoms.